The summed E-state index contributed by atoms with van der Waals surface area (Å²) in [5.41, 5.74) is -1.43. The number of anilines is 1. The summed E-state index contributed by atoms with van der Waals surface area (Å²) in [5.74, 6) is 0.0490. The second-order valence-electron chi connectivity index (χ2n) is 4.47. The second-order valence-corrected chi connectivity index (χ2v) is 4.47. The van der Waals surface area contributed by atoms with Crippen molar-refractivity contribution >= 4 is 17.9 Å². The first kappa shape index (κ1) is 16.0. The summed E-state index contributed by atoms with van der Waals surface area (Å²) in [7, 11) is 2.79. The van der Waals surface area contributed by atoms with E-state index in [1.807, 2.05) is 4.98 Å². The zero-order chi connectivity index (χ0) is 17.0. The molecular formula is C14H14N4O5. The zero-order valence-electron chi connectivity index (χ0n) is 12.4. The first-order valence-electron chi connectivity index (χ1n) is 6.43. The van der Waals surface area contributed by atoms with Gasteiger partial charge in [-0.1, -0.05) is 0 Å². The van der Waals surface area contributed by atoms with Gasteiger partial charge in [-0.15, -0.1) is 0 Å². The zero-order valence-corrected chi connectivity index (χ0v) is 12.4. The van der Waals surface area contributed by atoms with Gasteiger partial charge in [0.2, 0.25) is 5.88 Å². The number of aliphatic imine (C=N–C) groups is 1. The molecule has 0 spiro atoms. The van der Waals surface area contributed by atoms with Gasteiger partial charge in [-0.2, -0.15) is 0 Å². The fourth-order valence-electron chi connectivity index (χ4n) is 1.70. The Hall–Kier alpha value is -3.36. The van der Waals surface area contributed by atoms with Crippen LogP contribution in [-0.4, -0.2) is 34.0 Å². The highest BCUT2D eigenvalue weighted by molar-refractivity contribution is 5.98. The lowest BCUT2D eigenvalue weighted by Gasteiger charge is -2.04. The summed E-state index contributed by atoms with van der Waals surface area (Å²) in [5, 5.41) is 12.2. The fourth-order valence-corrected chi connectivity index (χ4v) is 1.70. The molecule has 9 nitrogen and oxygen atoms in total. The molecule has 0 bridgehead atoms. The number of ether oxygens (including phenoxy) is 1. The molecule has 1 aromatic carbocycles. The van der Waals surface area contributed by atoms with E-state index in [1.54, 1.807) is 24.3 Å². The van der Waals surface area contributed by atoms with Gasteiger partial charge in [0.1, 0.15) is 11.3 Å². The van der Waals surface area contributed by atoms with E-state index in [1.165, 1.54) is 14.2 Å². The molecule has 120 valence electrons. The van der Waals surface area contributed by atoms with Crippen LogP contribution < -0.4 is 21.3 Å². The molecule has 0 aliphatic heterocycles. The van der Waals surface area contributed by atoms with Gasteiger partial charge < -0.3 is 15.2 Å². The Labute approximate surface area is 129 Å². The highest BCUT2D eigenvalue weighted by Crippen LogP contribution is 2.15. The fraction of sp³-hybridized carbons (Fsp3) is 0.143. The number of carbonyl (C=O) groups excluding carboxylic acids is 1. The van der Waals surface area contributed by atoms with Gasteiger partial charge in [0.25, 0.3) is 5.56 Å². The summed E-state index contributed by atoms with van der Waals surface area (Å²) >= 11 is 0. The van der Waals surface area contributed by atoms with E-state index in [9.17, 15) is 19.5 Å². The van der Waals surface area contributed by atoms with E-state index in [4.69, 9.17) is 4.74 Å². The van der Waals surface area contributed by atoms with Crippen LogP contribution in [0.15, 0.2) is 38.8 Å². The van der Waals surface area contributed by atoms with Crippen LogP contribution in [0.4, 0.5) is 10.5 Å². The third kappa shape index (κ3) is 3.64. The van der Waals surface area contributed by atoms with Gasteiger partial charge in [0.15, 0.2) is 0 Å². The number of aromatic amines is 1. The highest BCUT2D eigenvalue weighted by atomic mass is 16.5. The predicted octanol–water partition coefficient (Wildman–Crippen LogP) is 0.439. The van der Waals surface area contributed by atoms with E-state index in [0.29, 0.717) is 11.4 Å². The number of benzene rings is 1. The number of urea groups is 1. The van der Waals surface area contributed by atoms with Gasteiger partial charge in [0.05, 0.1) is 13.3 Å². The SMILES string of the molecule is COc1ccc(NC(=O)N=Cc2c(O)n(C)c(=O)[nH]c2=O)cc1. The Bertz CT molecular complexity index is 864. The first-order valence-corrected chi connectivity index (χ1v) is 6.43. The maximum atomic E-state index is 11.7. The van der Waals surface area contributed by atoms with E-state index < -0.39 is 23.2 Å². The number of methoxy groups -OCH3 is 1. The minimum absolute atomic E-state index is 0.294. The smallest absolute Gasteiger partial charge is 0.345 e. The van der Waals surface area contributed by atoms with Gasteiger partial charge in [-0.05, 0) is 24.3 Å². The number of aromatic hydroxyl groups is 1. The van der Waals surface area contributed by atoms with Crippen molar-refractivity contribution in [3.8, 4) is 11.6 Å². The number of nitrogens with one attached hydrogen (secondary N) is 2. The van der Waals surface area contributed by atoms with Gasteiger partial charge in [-0.25, -0.2) is 14.6 Å². The Kier molecular flexibility index (Phi) is 4.60. The predicted molar refractivity (Wildman–Crippen MR) is 83.6 cm³/mol. The molecule has 0 unspecified atom stereocenters. The van der Waals surface area contributed by atoms with Gasteiger partial charge in [0, 0.05) is 12.7 Å². The molecule has 0 saturated heterocycles. The number of amides is 2. The molecule has 0 fully saturated rings. The van der Waals surface area contributed by atoms with Crippen LogP contribution in [0, 0.1) is 0 Å². The normalized spacial score (nSPS) is 10.7. The van der Waals surface area contributed by atoms with Crippen molar-refractivity contribution in [1.29, 1.82) is 0 Å². The minimum Gasteiger partial charge on any atom is -0.497 e. The van der Waals surface area contributed by atoms with Crippen molar-refractivity contribution in [3.63, 3.8) is 0 Å². The molecule has 9 heteroatoms. The maximum Gasteiger partial charge on any atom is 0.345 e. The Morgan fingerprint density at radius 1 is 1.35 bits per heavy atom. The quantitative estimate of drug-likeness (QED) is 0.708. The molecule has 0 aliphatic carbocycles. The average Bonchev–Trinajstić information content (AvgIpc) is 2.53. The van der Waals surface area contributed by atoms with Gasteiger partial charge >= 0.3 is 11.7 Å². The monoisotopic (exact) mass is 318 g/mol. The topological polar surface area (TPSA) is 126 Å². The van der Waals surface area contributed by atoms with E-state index in [-0.39, 0.29) is 5.56 Å². The molecule has 1 heterocycles. The van der Waals surface area contributed by atoms with Crippen LogP contribution in [0.1, 0.15) is 5.56 Å². The maximum absolute atomic E-state index is 11.7. The molecule has 0 saturated carbocycles. The van der Waals surface area contributed by atoms with Crippen LogP contribution in [0.2, 0.25) is 0 Å². The van der Waals surface area contributed by atoms with Crippen LogP contribution in [0.3, 0.4) is 0 Å². The number of aromatic nitrogens is 2. The summed E-state index contributed by atoms with van der Waals surface area (Å²) in [6, 6.07) is 5.79. The van der Waals surface area contributed by atoms with Crippen LogP contribution in [-0.2, 0) is 7.05 Å². The van der Waals surface area contributed by atoms with Crippen molar-refractivity contribution < 1.29 is 14.6 Å². The summed E-state index contributed by atoms with van der Waals surface area (Å²) in [4.78, 5) is 40.1. The Balaban J connectivity index is 2.17. The number of carbonyl (C=O) groups is 1. The first-order chi connectivity index (χ1) is 10.9. The van der Waals surface area contributed by atoms with Crippen LogP contribution >= 0.6 is 0 Å². The minimum atomic E-state index is -0.841. The molecule has 0 atom stereocenters. The number of rotatable bonds is 3. The lowest BCUT2D eigenvalue weighted by Crippen LogP contribution is -2.30. The van der Waals surface area contributed by atoms with Crippen molar-refractivity contribution in [2.75, 3.05) is 12.4 Å². The summed E-state index contributed by atoms with van der Waals surface area (Å²) < 4.78 is 5.81. The third-order valence-corrected chi connectivity index (χ3v) is 2.98. The lowest BCUT2D eigenvalue weighted by molar-refractivity contribution is 0.259. The van der Waals surface area contributed by atoms with Crippen LogP contribution in [0.5, 0.6) is 11.6 Å². The standard InChI is InChI=1S/C14H14N4O5/c1-18-12(20)10(11(19)17-14(18)22)7-15-13(21)16-8-3-5-9(23-2)6-4-8/h3-7,20H,1-2H3,(H,16,21)(H,17,19,22). The molecule has 2 aromatic rings. The molecule has 2 rings (SSSR count). The summed E-state index contributed by atoms with van der Waals surface area (Å²) in [6.45, 7) is 0. The number of hydrogen-bond donors (Lipinski definition) is 3. The molecule has 2 amide bonds. The largest absolute Gasteiger partial charge is 0.497 e. The lowest BCUT2D eigenvalue weighted by atomic mass is 10.3. The van der Waals surface area contributed by atoms with Gasteiger partial charge in [-0.3, -0.25) is 14.3 Å². The molecule has 0 aliphatic rings. The summed E-state index contributed by atoms with van der Waals surface area (Å²) in [6.07, 6.45) is 0.881. The number of H-pyrrole nitrogens is 1. The molecule has 0 radical (unpaired) electrons. The Morgan fingerprint density at radius 2 is 2.00 bits per heavy atom. The van der Waals surface area contributed by atoms with Crippen LogP contribution in [0.25, 0.3) is 0 Å². The average molecular weight is 318 g/mol. The molecule has 1 aromatic heterocycles. The molecular weight excluding hydrogens is 304 g/mol. The van der Waals surface area contributed by atoms with Crippen molar-refractivity contribution in [3.05, 3.63) is 50.7 Å². The second kappa shape index (κ2) is 6.60. The Morgan fingerprint density at radius 3 is 2.61 bits per heavy atom. The van der Waals surface area contributed by atoms with E-state index >= 15 is 0 Å². The van der Waals surface area contributed by atoms with Crippen molar-refractivity contribution in [2.24, 2.45) is 12.0 Å². The van der Waals surface area contributed by atoms with Crippen molar-refractivity contribution in [1.82, 2.24) is 9.55 Å². The number of nitrogens with zero attached hydrogens (tertiary/aromatic N) is 2. The third-order valence-electron chi connectivity index (χ3n) is 2.98. The molecule has 23 heavy (non-hydrogen) atoms. The molecule has 3 N–H and O–H groups in total. The van der Waals surface area contributed by atoms with E-state index in [2.05, 4.69) is 10.3 Å². The van der Waals surface area contributed by atoms with Crippen molar-refractivity contribution in [2.45, 2.75) is 0 Å². The van der Waals surface area contributed by atoms with E-state index in [0.717, 1.165) is 10.8 Å². The highest BCUT2D eigenvalue weighted by Gasteiger charge is 2.10. The number of hydrogen-bond acceptors (Lipinski definition) is 5.